The first-order valence-corrected chi connectivity index (χ1v) is 9.91. The Morgan fingerprint density at radius 1 is 1.16 bits per heavy atom. The van der Waals surface area contributed by atoms with Crippen molar-refractivity contribution in [2.75, 3.05) is 19.8 Å². The maximum atomic E-state index is 12.7. The van der Waals surface area contributed by atoms with E-state index in [0.717, 1.165) is 11.3 Å². The second-order valence-corrected chi connectivity index (χ2v) is 7.90. The molecule has 25 heavy (non-hydrogen) atoms. The van der Waals surface area contributed by atoms with Crippen LogP contribution in [0.5, 0.6) is 5.75 Å². The van der Waals surface area contributed by atoms with E-state index in [1.165, 1.54) is 30.3 Å². The molecule has 6 nitrogen and oxygen atoms in total. The van der Waals surface area contributed by atoms with E-state index in [4.69, 9.17) is 9.47 Å². The first-order valence-electron chi connectivity index (χ1n) is 7.54. The average molecular weight is 387 g/mol. The molecule has 0 saturated heterocycles. The highest BCUT2D eigenvalue weighted by Gasteiger charge is 2.15. The van der Waals surface area contributed by atoms with Crippen molar-refractivity contribution in [1.82, 2.24) is 4.72 Å². The largest absolute Gasteiger partial charge is 0.493 e. The fourth-order valence-corrected chi connectivity index (χ4v) is 3.88. The number of esters is 1. The molecule has 1 aromatic heterocycles. The number of hydrogen-bond donors (Lipinski definition) is 1. The van der Waals surface area contributed by atoms with Gasteiger partial charge in [-0.1, -0.05) is 6.07 Å². The summed E-state index contributed by atoms with van der Waals surface area (Å²) in [5.74, 6) is -0.289. The van der Waals surface area contributed by atoms with E-state index in [2.05, 4.69) is 4.72 Å². The predicted molar refractivity (Wildman–Crippen MR) is 91.6 cm³/mol. The van der Waals surface area contributed by atoms with Crippen LogP contribution in [0.3, 0.4) is 0 Å². The van der Waals surface area contributed by atoms with Gasteiger partial charge in [0.15, 0.2) is 0 Å². The number of thiophene rings is 1. The molecular weight excluding hydrogens is 369 g/mol. The fraction of sp³-hybridized carbons (Fsp3) is 0.312. The lowest BCUT2D eigenvalue weighted by Crippen LogP contribution is -2.26. The number of carbonyl (C=O) groups is 1. The number of nitrogens with one attached hydrogen (secondary N) is 1. The Balaban J connectivity index is 1.56. The molecule has 0 fully saturated rings. The van der Waals surface area contributed by atoms with Crippen LogP contribution in [0.25, 0.3) is 0 Å². The molecule has 0 radical (unpaired) electrons. The van der Waals surface area contributed by atoms with Gasteiger partial charge in [-0.15, -0.1) is 11.3 Å². The first kappa shape index (κ1) is 19.4. The van der Waals surface area contributed by atoms with Gasteiger partial charge in [-0.2, -0.15) is 0 Å². The molecule has 2 aromatic rings. The molecular formula is C16H18FNO5S2. The molecule has 0 spiro atoms. The second kappa shape index (κ2) is 9.50. The lowest BCUT2D eigenvalue weighted by Gasteiger charge is -2.08. The van der Waals surface area contributed by atoms with Crippen molar-refractivity contribution in [1.29, 1.82) is 0 Å². The third-order valence-corrected chi connectivity index (χ3v) is 5.87. The van der Waals surface area contributed by atoms with Gasteiger partial charge in [0.05, 0.1) is 19.6 Å². The monoisotopic (exact) mass is 387 g/mol. The summed E-state index contributed by atoms with van der Waals surface area (Å²) in [7, 11) is -3.56. The second-order valence-electron chi connectivity index (χ2n) is 4.96. The zero-order chi connectivity index (χ0) is 18.1. The summed E-state index contributed by atoms with van der Waals surface area (Å²) in [6.07, 6.45) is 0.424. The van der Waals surface area contributed by atoms with E-state index in [-0.39, 0.29) is 29.6 Å². The van der Waals surface area contributed by atoms with Crippen molar-refractivity contribution in [2.45, 2.75) is 17.1 Å². The highest BCUT2D eigenvalue weighted by molar-refractivity contribution is 7.91. The molecule has 0 aliphatic carbocycles. The van der Waals surface area contributed by atoms with E-state index in [1.807, 2.05) is 0 Å². The van der Waals surface area contributed by atoms with Gasteiger partial charge in [0, 0.05) is 13.0 Å². The molecule has 0 aliphatic heterocycles. The summed E-state index contributed by atoms with van der Waals surface area (Å²) < 4.78 is 49.3. The van der Waals surface area contributed by atoms with E-state index >= 15 is 0 Å². The zero-order valence-corrected chi connectivity index (χ0v) is 14.9. The molecule has 1 N–H and O–H groups in total. The highest BCUT2D eigenvalue weighted by atomic mass is 32.2. The summed E-state index contributed by atoms with van der Waals surface area (Å²) in [5.41, 5.74) is 0. The fourth-order valence-electron chi connectivity index (χ4n) is 1.81. The molecule has 0 saturated carbocycles. The van der Waals surface area contributed by atoms with Crippen LogP contribution in [0.2, 0.25) is 0 Å². The lowest BCUT2D eigenvalue weighted by molar-refractivity contribution is -0.143. The number of benzene rings is 1. The van der Waals surface area contributed by atoms with Gasteiger partial charge in [0.25, 0.3) is 0 Å². The van der Waals surface area contributed by atoms with E-state index in [9.17, 15) is 17.6 Å². The van der Waals surface area contributed by atoms with Gasteiger partial charge in [0.2, 0.25) is 10.0 Å². The quantitative estimate of drug-likeness (QED) is 0.501. The third kappa shape index (κ3) is 6.81. The minimum absolute atomic E-state index is 0.0227. The van der Waals surface area contributed by atoms with Crippen LogP contribution in [-0.2, 0) is 19.6 Å². The van der Waals surface area contributed by atoms with Crippen molar-refractivity contribution >= 4 is 27.3 Å². The molecule has 0 aliphatic rings. The summed E-state index contributed by atoms with van der Waals surface area (Å²) in [6.45, 7) is 0.465. The first-order chi connectivity index (χ1) is 12.0. The number of rotatable bonds is 10. The molecule has 1 aromatic carbocycles. The highest BCUT2D eigenvalue weighted by Crippen LogP contribution is 2.15. The topological polar surface area (TPSA) is 81.7 Å². The molecule has 9 heteroatoms. The van der Waals surface area contributed by atoms with Crippen LogP contribution in [0.15, 0.2) is 46.0 Å². The van der Waals surface area contributed by atoms with E-state index in [0.29, 0.717) is 18.8 Å². The molecule has 0 atom stereocenters. The molecule has 0 unspecified atom stereocenters. The third-order valence-electron chi connectivity index (χ3n) is 3.02. The van der Waals surface area contributed by atoms with Crippen LogP contribution < -0.4 is 9.46 Å². The van der Waals surface area contributed by atoms with E-state index in [1.54, 1.807) is 11.4 Å². The number of sulfonamides is 1. The molecule has 0 amide bonds. The molecule has 136 valence electrons. The summed E-state index contributed by atoms with van der Waals surface area (Å²) in [5, 5.41) is 1.66. The molecule has 0 bridgehead atoms. The van der Waals surface area contributed by atoms with Gasteiger partial charge in [-0.05, 0) is 35.7 Å². The Morgan fingerprint density at radius 2 is 1.92 bits per heavy atom. The Kier molecular flexibility index (Phi) is 7.35. The maximum absolute atomic E-state index is 12.7. The lowest BCUT2D eigenvalue weighted by atomic mass is 10.3. The van der Waals surface area contributed by atoms with Crippen molar-refractivity contribution in [3.05, 3.63) is 47.6 Å². The van der Waals surface area contributed by atoms with Crippen molar-refractivity contribution in [3.8, 4) is 5.75 Å². The number of carbonyl (C=O) groups excluding carboxylic acids is 1. The maximum Gasteiger partial charge on any atom is 0.307 e. The van der Waals surface area contributed by atoms with Crippen molar-refractivity contribution in [3.63, 3.8) is 0 Å². The Hall–Kier alpha value is -1.97. The van der Waals surface area contributed by atoms with Gasteiger partial charge >= 0.3 is 5.97 Å². The Bertz CT molecular complexity index is 760. The van der Waals surface area contributed by atoms with Crippen LogP contribution in [0.4, 0.5) is 4.39 Å². The van der Waals surface area contributed by atoms with Gasteiger partial charge < -0.3 is 9.47 Å². The van der Waals surface area contributed by atoms with Gasteiger partial charge in [0.1, 0.15) is 15.8 Å². The minimum atomic E-state index is -3.56. The average Bonchev–Trinajstić information content (AvgIpc) is 3.11. The van der Waals surface area contributed by atoms with E-state index < -0.39 is 16.0 Å². The summed E-state index contributed by atoms with van der Waals surface area (Å²) in [6, 6.07) is 8.76. The Labute approximate surface area is 149 Å². The standard InChI is InChI=1S/C16H18FNO5S2/c17-13-4-6-14(7-5-13)22-10-2-11-23-15(19)8-9-18-25(20,21)16-3-1-12-24-16/h1,3-7,12,18H,2,8-11H2. The predicted octanol–water partition coefficient (Wildman–Crippen LogP) is 2.57. The van der Waals surface area contributed by atoms with Crippen LogP contribution in [0.1, 0.15) is 12.8 Å². The summed E-state index contributed by atoms with van der Waals surface area (Å²) in [4.78, 5) is 11.5. The Morgan fingerprint density at radius 3 is 2.60 bits per heavy atom. The number of hydrogen-bond acceptors (Lipinski definition) is 6. The SMILES string of the molecule is O=C(CCNS(=O)(=O)c1cccs1)OCCCOc1ccc(F)cc1. The zero-order valence-electron chi connectivity index (χ0n) is 13.3. The molecule has 1 heterocycles. The van der Waals surface area contributed by atoms with Crippen molar-refractivity contribution in [2.24, 2.45) is 0 Å². The van der Waals surface area contributed by atoms with Crippen molar-refractivity contribution < 1.29 is 27.1 Å². The van der Waals surface area contributed by atoms with Crippen LogP contribution in [-0.4, -0.2) is 34.1 Å². The smallest absolute Gasteiger partial charge is 0.307 e. The van der Waals surface area contributed by atoms with Crippen LogP contribution >= 0.6 is 11.3 Å². The van der Waals surface area contributed by atoms with Gasteiger partial charge in [-0.25, -0.2) is 17.5 Å². The molecule has 2 rings (SSSR count). The minimum Gasteiger partial charge on any atom is -0.493 e. The number of halogens is 1. The van der Waals surface area contributed by atoms with Crippen LogP contribution in [0, 0.1) is 5.82 Å². The summed E-state index contributed by atoms with van der Waals surface area (Å²) >= 11 is 1.11. The normalized spacial score (nSPS) is 11.2. The van der Waals surface area contributed by atoms with Gasteiger partial charge in [-0.3, -0.25) is 4.79 Å². The number of ether oxygens (including phenoxy) is 2.